The fourth-order valence-corrected chi connectivity index (χ4v) is 3.59. The molecule has 3 rings (SSSR count). The van der Waals surface area contributed by atoms with Crippen molar-refractivity contribution in [3.63, 3.8) is 0 Å². The first kappa shape index (κ1) is 22.5. The Hall–Kier alpha value is -2.16. The molecule has 0 radical (unpaired) electrons. The predicted octanol–water partition coefficient (Wildman–Crippen LogP) is 3.40. The van der Waals surface area contributed by atoms with E-state index < -0.39 is 18.8 Å². The number of aryl methyl sites for hydroxylation is 1. The number of carbonyl (C=O) groups excluding carboxylic acids is 1. The Balaban J connectivity index is 1.66. The quantitative estimate of drug-likeness (QED) is 0.557. The van der Waals surface area contributed by atoms with Gasteiger partial charge in [-0.15, -0.1) is 0 Å². The molecule has 0 unspecified atom stereocenters. The van der Waals surface area contributed by atoms with Gasteiger partial charge in [0.25, 0.3) is 0 Å². The highest BCUT2D eigenvalue weighted by Crippen LogP contribution is 2.30. The Labute approximate surface area is 184 Å². The molecule has 2 heterocycles. The standard InChI is InChI=1S/C21H23Cl2N3O4/c1-12-2-3-15(9-16(12)22)25-21(30)26-6-4-13(5-7-26)19-17(23)8-14(10-24-19)20(29)18(28)11-27/h2-4,8-10,18,20,27-29H,5-7,11H2,1H3,(H,25,30)/t18-,20-/m0/s1. The normalized spacial score (nSPS) is 16.1. The summed E-state index contributed by atoms with van der Waals surface area (Å²) in [6.45, 7) is 2.21. The van der Waals surface area contributed by atoms with E-state index in [0.29, 0.717) is 46.5 Å². The third-order valence-electron chi connectivity index (χ3n) is 4.98. The number of urea groups is 1. The lowest BCUT2D eigenvalue weighted by Crippen LogP contribution is -2.38. The lowest BCUT2D eigenvalue weighted by molar-refractivity contribution is -0.0154. The molecule has 0 aliphatic carbocycles. The monoisotopic (exact) mass is 451 g/mol. The Morgan fingerprint density at radius 2 is 2.03 bits per heavy atom. The molecule has 1 aliphatic rings. The number of hydrogen-bond acceptors (Lipinski definition) is 5. The molecule has 0 bridgehead atoms. The number of aromatic nitrogens is 1. The molecular weight excluding hydrogens is 429 g/mol. The van der Waals surface area contributed by atoms with Crippen molar-refractivity contribution in [2.45, 2.75) is 25.6 Å². The van der Waals surface area contributed by atoms with Crippen LogP contribution in [0.25, 0.3) is 5.57 Å². The first-order chi connectivity index (χ1) is 14.3. The van der Waals surface area contributed by atoms with Crippen LogP contribution >= 0.6 is 23.2 Å². The van der Waals surface area contributed by atoms with Crippen LogP contribution in [0.15, 0.2) is 36.5 Å². The number of nitrogens with zero attached hydrogens (tertiary/aromatic N) is 2. The number of amides is 2. The number of pyridine rings is 1. The Bertz CT molecular complexity index is 967. The molecule has 9 heteroatoms. The van der Waals surface area contributed by atoms with Gasteiger partial charge in [-0.25, -0.2) is 4.79 Å². The summed E-state index contributed by atoms with van der Waals surface area (Å²) in [6, 6.07) is 6.67. The van der Waals surface area contributed by atoms with Crippen molar-refractivity contribution < 1.29 is 20.1 Å². The van der Waals surface area contributed by atoms with Crippen LogP contribution < -0.4 is 5.32 Å². The van der Waals surface area contributed by atoms with Crippen molar-refractivity contribution in [3.8, 4) is 0 Å². The van der Waals surface area contributed by atoms with E-state index in [0.717, 1.165) is 11.1 Å². The molecule has 1 aromatic carbocycles. The highest BCUT2D eigenvalue weighted by molar-refractivity contribution is 6.32. The molecule has 0 saturated heterocycles. The zero-order valence-electron chi connectivity index (χ0n) is 16.3. The zero-order chi connectivity index (χ0) is 21.8. The molecule has 1 aliphatic heterocycles. The molecule has 2 atom stereocenters. The van der Waals surface area contributed by atoms with Crippen molar-refractivity contribution in [2.75, 3.05) is 25.0 Å². The van der Waals surface area contributed by atoms with E-state index >= 15 is 0 Å². The van der Waals surface area contributed by atoms with Crippen molar-refractivity contribution in [2.24, 2.45) is 0 Å². The molecular formula is C21H23Cl2N3O4. The van der Waals surface area contributed by atoms with Crippen molar-refractivity contribution in [1.29, 1.82) is 0 Å². The lowest BCUT2D eigenvalue weighted by Gasteiger charge is -2.27. The second kappa shape index (κ2) is 9.76. The fourth-order valence-electron chi connectivity index (χ4n) is 3.11. The highest BCUT2D eigenvalue weighted by Gasteiger charge is 2.22. The van der Waals surface area contributed by atoms with Gasteiger partial charge in [0.15, 0.2) is 0 Å². The summed E-state index contributed by atoms with van der Waals surface area (Å²) >= 11 is 12.4. The summed E-state index contributed by atoms with van der Waals surface area (Å²) in [5.41, 5.74) is 3.35. The maximum Gasteiger partial charge on any atom is 0.322 e. The second-order valence-corrected chi connectivity index (χ2v) is 7.93. The number of halogens is 2. The molecule has 160 valence electrons. The predicted molar refractivity (Wildman–Crippen MR) is 117 cm³/mol. The Morgan fingerprint density at radius 3 is 2.63 bits per heavy atom. The number of aliphatic hydroxyl groups is 3. The van der Waals surface area contributed by atoms with E-state index in [4.69, 9.17) is 28.3 Å². The minimum Gasteiger partial charge on any atom is -0.394 e. The SMILES string of the molecule is Cc1ccc(NC(=O)N2CC=C(c3ncc([C@H](O)[C@@H](O)CO)cc3Cl)CC2)cc1Cl. The molecule has 7 nitrogen and oxygen atoms in total. The average molecular weight is 452 g/mol. The first-order valence-electron chi connectivity index (χ1n) is 9.44. The zero-order valence-corrected chi connectivity index (χ0v) is 17.9. The third-order valence-corrected chi connectivity index (χ3v) is 5.67. The minimum absolute atomic E-state index is 0.222. The van der Waals surface area contributed by atoms with E-state index in [1.165, 1.54) is 12.3 Å². The maximum atomic E-state index is 12.5. The molecule has 2 amide bonds. The van der Waals surface area contributed by atoms with Gasteiger partial charge in [0.1, 0.15) is 12.2 Å². The van der Waals surface area contributed by atoms with Crippen LogP contribution in [0.5, 0.6) is 0 Å². The van der Waals surface area contributed by atoms with Crippen LogP contribution in [0.3, 0.4) is 0 Å². The highest BCUT2D eigenvalue weighted by atomic mass is 35.5. The van der Waals surface area contributed by atoms with Crippen LogP contribution in [-0.4, -0.2) is 57.0 Å². The van der Waals surface area contributed by atoms with Crippen LogP contribution in [0.1, 0.15) is 29.3 Å². The molecule has 0 fully saturated rings. The van der Waals surface area contributed by atoms with Gasteiger partial charge in [0, 0.05) is 35.6 Å². The van der Waals surface area contributed by atoms with Crippen LogP contribution in [0.4, 0.5) is 10.5 Å². The number of benzene rings is 1. The molecule has 30 heavy (non-hydrogen) atoms. The number of carbonyl (C=O) groups is 1. The Kier molecular flexibility index (Phi) is 7.33. The average Bonchev–Trinajstić information content (AvgIpc) is 2.75. The van der Waals surface area contributed by atoms with E-state index in [1.807, 2.05) is 19.1 Å². The number of nitrogens with one attached hydrogen (secondary N) is 1. The van der Waals surface area contributed by atoms with E-state index in [1.54, 1.807) is 17.0 Å². The van der Waals surface area contributed by atoms with Gasteiger partial charge in [0.2, 0.25) is 0 Å². The summed E-state index contributed by atoms with van der Waals surface area (Å²) in [6.07, 6.45) is 1.29. The van der Waals surface area contributed by atoms with Crippen molar-refractivity contribution >= 4 is 40.5 Å². The molecule has 0 spiro atoms. The number of aliphatic hydroxyl groups excluding tert-OH is 3. The number of rotatable bonds is 5. The maximum absolute atomic E-state index is 12.5. The van der Waals surface area contributed by atoms with Gasteiger partial charge >= 0.3 is 6.03 Å². The molecule has 4 N–H and O–H groups in total. The van der Waals surface area contributed by atoms with E-state index in [-0.39, 0.29) is 6.03 Å². The third kappa shape index (κ3) is 5.11. The first-order valence-corrected chi connectivity index (χ1v) is 10.2. The second-order valence-electron chi connectivity index (χ2n) is 7.11. The van der Waals surface area contributed by atoms with Gasteiger partial charge in [-0.05, 0) is 42.7 Å². The van der Waals surface area contributed by atoms with Crippen molar-refractivity contribution in [3.05, 3.63) is 63.4 Å². The van der Waals surface area contributed by atoms with Crippen LogP contribution in [0, 0.1) is 6.92 Å². The summed E-state index contributed by atoms with van der Waals surface area (Å²) in [7, 11) is 0. The van der Waals surface area contributed by atoms with E-state index in [2.05, 4.69) is 10.3 Å². The van der Waals surface area contributed by atoms with Gasteiger partial charge < -0.3 is 25.5 Å². The van der Waals surface area contributed by atoms with Gasteiger partial charge in [-0.3, -0.25) is 4.98 Å². The largest absolute Gasteiger partial charge is 0.394 e. The minimum atomic E-state index is -1.31. The molecule has 1 aromatic heterocycles. The molecule has 2 aromatic rings. The summed E-state index contributed by atoms with van der Waals surface area (Å²) < 4.78 is 0. The van der Waals surface area contributed by atoms with Crippen LogP contribution in [0.2, 0.25) is 10.0 Å². The number of hydrogen-bond donors (Lipinski definition) is 4. The fraction of sp³-hybridized carbons (Fsp3) is 0.333. The van der Waals surface area contributed by atoms with Gasteiger partial charge in [0.05, 0.1) is 17.3 Å². The smallest absolute Gasteiger partial charge is 0.322 e. The molecule has 0 saturated carbocycles. The summed E-state index contributed by atoms with van der Waals surface area (Å²) in [5.74, 6) is 0. The van der Waals surface area contributed by atoms with Gasteiger partial charge in [-0.2, -0.15) is 0 Å². The topological polar surface area (TPSA) is 106 Å². The van der Waals surface area contributed by atoms with Crippen molar-refractivity contribution in [1.82, 2.24) is 9.88 Å². The summed E-state index contributed by atoms with van der Waals surface area (Å²) in [5, 5.41) is 32.3. The van der Waals surface area contributed by atoms with Gasteiger partial charge in [-0.1, -0.05) is 35.3 Å². The lowest BCUT2D eigenvalue weighted by atomic mass is 10.0. The van der Waals surface area contributed by atoms with E-state index in [9.17, 15) is 15.0 Å². The van der Waals surface area contributed by atoms with Crippen LogP contribution in [-0.2, 0) is 0 Å². The Morgan fingerprint density at radius 1 is 1.27 bits per heavy atom. The number of anilines is 1. The summed E-state index contributed by atoms with van der Waals surface area (Å²) in [4.78, 5) is 18.5.